The molecule has 0 saturated heterocycles. The Morgan fingerprint density at radius 2 is 1.04 bits per heavy atom. The maximum atomic E-state index is 6.70. The van der Waals surface area contributed by atoms with Crippen LogP contribution in [0.2, 0.25) is 0 Å². The number of nitrogens with zero attached hydrogens (tertiary/aromatic N) is 3. The van der Waals surface area contributed by atoms with Gasteiger partial charge < -0.3 is 18.0 Å². The number of benzene rings is 8. The third-order valence-corrected chi connectivity index (χ3v) is 11.9. The van der Waals surface area contributed by atoms with Gasteiger partial charge in [0.05, 0.1) is 27.5 Å². The molecule has 5 heteroatoms. The van der Waals surface area contributed by atoms with Gasteiger partial charge in [0.25, 0.3) is 0 Å². The summed E-state index contributed by atoms with van der Waals surface area (Å²) < 4.78 is 14.3. The maximum Gasteiger partial charge on any atom is 0.332 e. The second kappa shape index (κ2) is 9.87. The van der Waals surface area contributed by atoms with E-state index in [1.165, 1.54) is 82.0 Å². The van der Waals surface area contributed by atoms with E-state index in [9.17, 15) is 0 Å². The Morgan fingerprint density at radius 1 is 0.377 bits per heavy atom. The van der Waals surface area contributed by atoms with Crippen molar-refractivity contribution in [3.63, 3.8) is 0 Å². The number of fused-ring (bicyclic) bond motifs is 16. The van der Waals surface area contributed by atoms with Crippen molar-refractivity contribution < 1.29 is 4.42 Å². The Kier molecular flexibility index (Phi) is 5.16. The van der Waals surface area contributed by atoms with Gasteiger partial charge in [0, 0.05) is 60.1 Å². The lowest BCUT2D eigenvalue weighted by molar-refractivity contribution is 0.673. The molecule has 12 aromatic rings. The van der Waals surface area contributed by atoms with Crippen molar-refractivity contribution in [2.45, 2.75) is 0 Å². The fourth-order valence-electron chi connectivity index (χ4n) is 9.86. The van der Waals surface area contributed by atoms with E-state index >= 15 is 0 Å². The Bertz CT molecular complexity index is 3530. The first-order chi connectivity index (χ1) is 26.3. The van der Waals surface area contributed by atoms with Crippen molar-refractivity contribution in [1.82, 2.24) is 13.6 Å². The molecule has 1 aliphatic rings. The molecule has 5 heterocycles. The molecular formula is C48H28BN3O. The van der Waals surface area contributed by atoms with Crippen LogP contribution < -0.4 is 10.9 Å². The molecule has 4 aromatic heterocycles. The largest absolute Gasteiger partial charge is 0.455 e. The predicted octanol–water partition coefficient (Wildman–Crippen LogP) is 10.9. The molecule has 0 aliphatic carbocycles. The zero-order chi connectivity index (χ0) is 34.4. The number of rotatable bonds is 2. The van der Waals surface area contributed by atoms with Gasteiger partial charge in [0.15, 0.2) is 0 Å². The van der Waals surface area contributed by atoms with Gasteiger partial charge in [-0.2, -0.15) is 0 Å². The van der Waals surface area contributed by atoms with Gasteiger partial charge >= 0.3 is 6.85 Å². The summed E-state index contributed by atoms with van der Waals surface area (Å²) in [6.45, 7) is -0.0790. The SMILES string of the molecule is c1ccc(-n2c3ccccc3c3c4c(ccc32)c2ccccc2n4B2c3ccccc3-n3c4ccc5c6ccccc6oc5c4c4cccc2c43)cc1. The van der Waals surface area contributed by atoms with Crippen molar-refractivity contribution in [2.75, 3.05) is 0 Å². The summed E-state index contributed by atoms with van der Waals surface area (Å²) >= 11 is 0. The Hall–Kier alpha value is -6.98. The zero-order valence-corrected chi connectivity index (χ0v) is 28.5. The molecule has 4 nitrogen and oxygen atoms in total. The van der Waals surface area contributed by atoms with E-state index in [4.69, 9.17) is 4.42 Å². The number of aromatic nitrogens is 3. The van der Waals surface area contributed by atoms with Crippen LogP contribution in [0.5, 0.6) is 0 Å². The zero-order valence-electron chi connectivity index (χ0n) is 28.5. The van der Waals surface area contributed by atoms with Gasteiger partial charge in [-0.3, -0.25) is 0 Å². The standard InChI is InChI=1S/C48H28BN3O/c1-2-13-29(14-3-1)50-38-21-8-5-17-34(38)44-41(50)27-25-32-30-15-4-9-22-39(30)52(47(32)44)49-36-19-7-10-23-40(36)51-42-28-26-33-31-16-6-11-24-43(31)53-48(33)45(42)35-18-12-20-37(49)46(35)51/h1-28H. The first kappa shape index (κ1) is 27.7. The van der Waals surface area contributed by atoms with Crippen molar-refractivity contribution >= 4 is 105 Å². The minimum Gasteiger partial charge on any atom is -0.455 e. The second-order valence-corrected chi connectivity index (χ2v) is 14.4. The average molecular weight is 674 g/mol. The Labute approximate surface area is 303 Å². The highest BCUT2D eigenvalue weighted by molar-refractivity contribution is 6.88. The smallest absolute Gasteiger partial charge is 0.332 e. The quantitative estimate of drug-likeness (QED) is 0.168. The molecule has 0 radical (unpaired) electrons. The monoisotopic (exact) mass is 673 g/mol. The second-order valence-electron chi connectivity index (χ2n) is 14.4. The number of furan rings is 1. The minimum absolute atomic E-state index is 0.0790. The van der Waals surface area contributed by atoms with Crippen molar-refractivity contribution in [1.29, 1.82) is 0 Å². The fraction of sp³-hybridized carbons (Fsp3) is 0. The summed E-state index contributed by atoms with van der Waals surface area (Å²) in [4.78, 5) is 0. The van der Waals surface area contributed by atoms with Crippen LogP contribution in [0, 0.1) is 0 Å². The first-order valence-corrected chi connectivity index (χ1v) is 18.3. The van der Waals surface area contributed by atoms with Gasteiger partial charge in [0.2, 0.25) is 0 Å². The van der Waals surface area contributed by atoms with Crippen LogP contribution >= 0.6 is 0 Å². The van der Waals surface area contributed by atoms with Gasteiger partial charge in [-0.05, 0) is 65.5 Å². The van der Waals surface area contributed by atoms with Crippen LogP contribution in [0.25, 0.3) is 98.7 Å². The van der Waals surface area contributed by atoms with E-state index in [0.717, 1.165) is 27.6 Å². The van der Waals surface area contributed by atoms with Crippen LogP contribution in [0.15, 0.2) is 174 Å². The lowest BCUT2D eigenvalue weighted by Gasteiger charge is -2.28. The average Bonchev–Trinajstić information content (AvgIpc) is 3.96. The van der Waals surface area contributed by atoms with E-state index in [-0.39, 0.29) is 6.85 Å². The molecule has 0 N–H and O–H groups in total. The Balaban J connectivity index is 1.22. The molecule has 0 fully saturated rings. The number of para-hydroxylation sites is 6. The van der Waals surface area contributed by atoms with E-state index in [1.54, 1.807) is 0 Å². The molecule has 13 rings (SSSR count). The molecule has 0 saturated carbocycles. The molecule has 0 unspecified atom stereocenters. The van der Waals surface area contributed by atoms with Crippen molar-refractivity contribution in [2.24, 2.45) is 0 Å². The summed E-state index contributed by atoms with van der Waals surface area (Å²) in [5.41, 5.74) is 14.1. The minimum atomic E-state index is -0.0790. The molecule has 0 atom stereocenters. The Morgan fingerprint density at radius 3 is 1.92 bits per heavy atom. The van der Waals surface area contributed by atoms with Gasteiger partial charge in [-0.15, -0.1) is 0 Å². The molecule has 0 bridgehead atoms. The van der Waals surface area contributed by atoms with E-state index in [2.05, 4.69) is 183 Å². The van der Waals surface area contributed by atoms with Crippen LogP contribution in [0.4, 0.5) is 0 Å². The lowest BCUT2D eigenvalue weighted by atomic mass is 9.48. The van der Waals surface area contributed by atoms with E-state index in [0.29, 0.717) is 0 Å². The molecule has 53 heavy (non-hydrogen) atoms. The summed E-state index contributed by atoms with van der Waals surface area (Å²) in [5.74, 6) is 0. The van der Waals surface area contributed by atoms with E-state index in [1.807, 2.05) is 0 Å². The van der Waals surface area contributed by atoms with E-state index < -0.39 is 0 Å². The van der Waals surface area contributed by atoms with Crippen LogP contribution in [-0.4, -0.2) is 20.5 Å². The highest BCUT2D eigenvalue weighted by Crippen LogP contribution is 2.44. The van der Waals surface area contributed by atoms with Gasteiger partial charge in [-0.25, -0.2) is 0 Å². The first-order valence-electron chi connectivity index (χ1n) is 18.3. The molecule has 0 amide bonds. The highest BCUT2D eigenvalue weighted by atomic mass is 16.3. The number of hydrogen-bond acceptors (Lipinski definition) is 1. The molecule has 244 valence electrons. The van der Waals surface area contributed by atoms with Crippen LogP contribution in [-0.2, 0) is 0 Å². The van der Waals surface area contributed by atoms with Crippen molar-refractivity contribution in [3.05, 3.63) is 170 Å². The molecule has 1 aliphatic heterocycles. The summed E-state index contributed by atoms with van der Waals surface area (Å²) in [7, 11) is 0. The lowest BCUT2D eigenvalue weighted by Crippen LogP contribution is -2.53. The predicted molar refractivity (Wildman–Crippen MR) is 222 cm³/mol. The number of hydrogen-bond donors (Lipinski definition) is 0. The molecule has 0 spiro atoms. The fourth-order valence-corrected chi connectivity index (χ4v) is 9.86. The summed E-state index contributed by atoms with van der Waals surface area (Å²) in [6.07, 6.45) is 0. The summed E-state index contributed by atoms with van der Waals surface area (Å²) in [5, 5.41) is 9.75. The van der Waals surface area contributed by atoms with Gasteiger partial charge in [0.1, 0.15) is 11.2 Å². The van der Waals surface area contributed by atoms with Gasteiger partial charge in [-0.1, -0.05) is 115 Å². The van der Waals surface area contributed by atoms with Crippen molar-refractivity contribution in [3.8, 4) is 11.4 Å². The van der Waals surface area contributed by atoms with Crippen LogP contribution in [0.1, 0.15) is 0 Å². The molecule has 8 aromatic carbocycles. The highest BCUT2D eigenvalue weighted by Gasteiger charge is 2.37. The van der Waals surface area contributed by atoms with Crippen LogP contribution in [0.3, 0.4) is 0 Å². The summed E-state index contributed by atoms with van der Waals surface area (Å²) in [6, 6.07) is 62.1. The molecular weight excluding hydrogens is 645 g/mol. The maximum absolute atomic E-state index is 6.70. The topological polar surface area (TPSA) is 27.9 Å². The third-order valence-electron chi connectivity index (χ3n) is 11.9. The normalized spacial score (nSPS) is 12.9. The third kappa shape index (κ3) is 3.38.